The molecule has 3 rings (SSSR count). The number of anilines is 1. The summed E-state index contributed by atoms with van der Waals surface area (Å²) in [5.74, 6) is -0.0856. The summed E-state index contributed by atoms with van der Waals surface area (Å²) in [5.41, 5.74) is 0.953. The van der Waals surface area contributed by atoms with Gasteiger partial charge < -0.3 is 4.90 Å². The van der Waals surface area contributed by atoms with Crippen LogP contribution < -0.4 is 4.72 Å². The van der Waals surface area contributed by atoms with Crippen molar-refractivity contribution < 1.29 is 13.2 Å². The summed E-state index contributed by atoms with van der Waals surface area (Å²) in [4.78, 5) is 15.8. The average molecular weight is 530 g/mol. The molecule has 8 heteroatoms. The highest BCUT2D eigenvalue weighted by atomic mass is 127. The molecule has 1 aliphatic rings. The maximum absolute atomic E-state index is 13.1. The van der Waals surface area contributed by atoms with E-state index in [9.17, 15) is 13.2 Å². The number of thioether (sulfide) groups is 1. The van der Waals surface area contributed by atoms with Crippen molar-refractivity contribution in [3.63, 3.8) is 0 Å². The number of benzene rings is 2. The van der Waals surface area contributed by atoms with E-state index >= 15 is 0 Å². The molecule has 28 heavy (non-hydrogen) atoms. The van der Waals surface area contributed by atoms with Gasteiger partial charge >= 0.3 is 0 Å². The predicted octanol–water partition coefficient (Wildman–Crippen LogP) is 4.83. The SMILES string of the molecule is CSc1ccc(S(=O)(=O)Nc2ccc(I)cc2)cc1C(=O)N1CCCCCC1. The molecular weight excluding hydrogens is 507 g/mol. The Kier molecular flexibility index (Phi) is 7.27. The Morgan fingerprint density at radius 1 is 1.04 bits per heavy atom. The number of hydrogen-bond acceptors (Lipinski definition) is 4. The second kappa shape index (κ2) is 9.49. The van der Waals surface area contributed by atoms with Crippen LogP contribution in [0.3, 0.4) is 0 Å². The van der Waals surface area contributed by atoms with Crippen molar-refractivity contribution in [2.24, 2.45) is 0 Å². The normalized spacial score (nSPS) is 15.1. The number of rotatable bonds is 5. The number of carbonyl (C=O) groups is 1. The number of sulfonamides is 1. The lowest BCUT2D eigenvalue weighted by molar-refractivity contribution is 0.0758. The quantitative estimate of drug-likeness (QED) is 0.445. The molecule has 1 fully saturated rings. The first-order chi connectivity index (χ1) is 13.4. The number of amides is 1. The van der Waals surface area contributed by atoms with Gasteiger partial charge in [-0.25, -0.2) is 8.42 Å². The Bertz CT molecular complexity index is 938. The van der Waals surface area contributed by atoms with Gasteiger partial charge in [0.25, 0.3) is 15.9 Å². The smallest absolute Gasteiger partial charge is 0.261 e. The van der Waals surface area contributed by atoms with Crippen molar-refractivity contribution >= 4 is 56.0 Å². The van der Waals surface area contributed by atoms with Crippen LogP contribution in [0.15, 0.2) is 52.3 Å². The van der Waals surface area contributed by atoms with E-state index in [0.29, 0.717) is 11.3 Å². The second-order valence-electron chi connectivity index (χ2n) is 6.68. The van der Waals surface area contributed by atoms with E-state index < -0.39 is 10.0 Å². The van der Waals surface area contributed by atoms with Crippen LogP contribution in [0, 0.1) is 3.57 Å². The van der Waals surface area contributed by atoms with E-state index in [-0.39, 0.29) is 10.8 Å². The van der Waals surface area contributed by atoms with Gasteiger partial charge in [-0.05, 0) is 84.2 Å². The molecular formula is C20H23IN2O3S2. The molecule has 0 aromatic heterocycles. The van der Waals surface area contributed by atoms with Crippen LogP contribution in [-0.2, 0) is 10.0 Å². The predicted molar refractivity (Wildman–Crippen MR) is 123 cm³/mol. The fraction of sp³-hybridized carbons (Fsp3) is 0.350. The van der Waals surface area contributed by atoms with Crippen LogP contribution in [0.4, 0.5) is 5.69 Å². The Labute approximate surface area is 184 Å². The largest absolute Gasteiger partial charge is 0.339 e. The summed E-state index contributed by atoms with van der Waals surface area (Å²) < 4.78 is 29.3. The zero-order chi connectivity index (χ0) is 20.1. The van der Waals surface area contributed by atoms with Gasteiger partial charge in [-0.1, -0.05) is 12.8 Å². The maximum atomic E-state index is 13.1. The number of nitrogens with zero attached hydrogens (tertiary/aromatic N) is 1. The Hall–Kier alpha value is -1.26. The van der Waals surface area contributed by atoms with Crippen LogP contribution in [0.2, 0.25) is 0 Å². The minimum absolute atomic E-state index is 0.0856. The zero-order valence-corrected chi connectivity index (χ0v) is 19.4. The Morgan fingerprint density at radius 2 is 1.68 bits per heavy atom. The zero-order valence-electron chi connectivity index (χ0n) is 15.7. The molecule has 5 nitrogen and oxygen atoms in total. The first kappa shape index (κ1) is 21.4. The summed E-state index contributed by atoms with van der Waals surface area (Å²) in [7, 11) is -3.78. The van der Waals surface area contributed by atoms with E-state index in [1.165, 1.54) is 17.8 Å². The number of likely N-dealkylation sites (tertiary alicyclic amines) is 1. The topological polar surface area (TPSA) is 66.5 Å². The fourth-order valence-electron chi connectivity index (χ4n) is 3.20. The van der Waals surface area contributed by atoms with Gasteiger partial charge in [0.15, 0.2) is 0 Å². The molecule has 1 amide bonds. The highest BCUT2D eigenvalue weighted by molar-refractivity contribution is 14.1. The molecule has 0 radical (unpaired) electrons. The molecule has 1 aliphatic heterocycles. The molecule has 1 heterocycles. The van der Waals surface area contributed by atoms with Gasteiger partial charge in [0.05, 0.1) is 10.5 Å². The molecule has 0 bridgehead atoms. The summed E-state index contributed by atoms with van der Waals surface area (Å²) >= 11 is 3.62. The van der Waals surface area contributed by atoms with Crippen LogP contribution in [-0.4, -0.2) is 38.6 Å². The third-order valence-electron chi connectivity index (χ3n) is 4.70. The Morgan fingerprint density at radius 3 is 2.29 bits per heavy atom. The van der Waals surface area contributed by atoms with Gasteiger partial charge in [-0.3, -0.25) is 9.52 Å². The molecule has 150 valence electrons. The maximum Gasteiger partial charge on any atom is 0.261 e. The van der Waals surface area contributed by atoms with Gasteiger partial charge in [-0.15, -0.1) is 11.8 Å². The first-order valence-corrected chi connectivity index (χ1v) is 12.9. The number of carbonyl (C=O) groups excluding carboxylic acids is 1. The minimum Gasteiger partial charge on any atom is -0.339 e. The van der Waals surface area contributed by atoms with Crippen LogP contribution in [0.1, 0.15) is 36.0 Å². The monoisotopic (exact) mass is 530 g/mol. The lowest BCUT2D eigenvalue weighted by Gasteiger charge is -2.22. The van der Waals surface area contributed by atoms with Crippen molar-refractivity contribution in [2.75, 3.05) is 24.1 Å². The molecule has 2 aromatic rings. The summed E-state index contributed by atoms with van der Waals surface area (Å²) in [6.07, 6.45) is 6.15. The minimum atomic E-state index is -3.78. The standard InChI is InChI=1S/C20H23IN2O3S2/c1-27-19-11-10-17(28(25,26)22-16-8-6-15(21)7-9-16)14-18(19)20(24)23-12-4-2-3-5-13-23/h6-11,14,22H,2-5,12-13H2,1H3. The molecule has 0 saturated carbocycles. The third-order valence-corrected chi connectivity index (χ3v) is 7.60. The number of hydrogen-bond donors (Lipinski definition) is 1. The second-order valence-corrected chi connectivity index (χ2v) is 10.5. The van der Waals surface area contributed by atoms with E-state index in [1.54, 1.807) is 24.3 Å². The van der Waals surface area contributed by atoms with Gasteiger partial charge in [-0.2, -0.15) is 0 Å². The van der Waals surface area contributed by atoms with E-state index in [2.05, 4.69) is 27.3 Å². The molecule has 1 saturated heterocycles. The lowest BCUT2D eigenvalue weighted by Crippen LogP contribution is -2.32. The van der Waals surface area contributed by atoms with Gasteiger partial charge in [0.2, 0.25) is 0 Å². The average Bonchev–Trinajstić information content (AvgIpc) is 2.98. The van der Waals surface area contributed by atoms with Crippen LogP contribution >= 0.6 is 34.4 Å². The molecule has 0 atom stereocenters. The lowest BCUT2D eigenvalue weighted by atomic mass is 10.2. The van der Waals surface area contributed by atoms with Crippen molar-refractivity contribution in [1.82, 2.24) is 4.90 Å². The molecule has 0 spiro atoms. The Balaban J connectivity index is 1.90. The molecule has 2 aromatic carbocycles. The fourth-order valence-corrected chi connectivity index (χ4v) is 5.21. The number of halogens is 1. The van der Waals surface area contributed by atoms with Crippen molar-refractivity contribution in [2.45, 2.75) is 35.5 Å². The van der Waals surface area contributed by atoms with Crippen molar-refractivity contribution in [1.29, 1.82) is 0 Å². The van der Waals surface area contributed by atoms with Crippen molar-refractivity contribution in [3.05, 3.63) is 51.6 Å². The summed E-state index contributed by atoms with van der Waals surface area (Å²) in [6.45, 7) is 1.45. The van der Waals surface area contributed by atoms with Crippen LogP contribution in [0.25, 0.3) is 0 Å². The molecule has 1 N–H and O–H groups in total. The van der Waals surface area contributed by atoms with Crippen molar-refractivity contribution in [3.8, 4) is 0 Å². The van der Waals surface area contributed by atoms with E-state index in [4.69, 9.17) is 0 Å². The first-order valence-electron chi connectivity index (χ1n) is 9.16. The highest BCUT2D eigenvalue weighted by Gasteiger charge is 2.23. The summed E-state index contributed by atoms with van der Waals surface area (Å²) in [5, 5.41) is 0. The highest BCUT2D eigenvalue weighted by Crippen LogP contribution is 2.27. The van der Waals surface area contributed by atoms with Crippen LogP contribution in [0.5, 0.6) is 0 Å². The van der Waals surface area contributed by atoms with Gasteiger partial charge in [0.1, 0.15) is 0 Å². The van der Waals surface area contributed by atoms with E-state index in [0.717, 1.165) is 47.2 Å². The van der Waals surface area contributed by atoms with Gasteiger partial charge in [0, 0.05) is 27.2 Å². The summed E-state index contributed by atoms with van der Waals surface area (Å²) in [6, 6.07) is 11.9. The molecule has 0 aliphatic carbocycles. The number of nitrogens with one attached hydrogen (secondary N) is 1. The molecule has 0 unspecified atom stereocenters. The third kappa shape index (κ3) is 5.21. The van der Waals surface area contributed by atoms with E-state index in [1.807, 2.05) is 23.3 Å².